The summed E-state index contributed by atoms with van der Waals surface area (Å²) in [5, 5.41) is 0. The van der Waals surface area contributed by atoms with E-state index >= 15 is 0 Å². The predicted octanol–water partition coefficient (Wildman–Crippen LogP) is 10.6. The Kier molecular flexibility index (Phi) is 21.6. The molecule has 1 atom stereocenters. The van der Waals surface area contributed by atoms with Gasteiger partial charge in [-0.3, -0.25) is 0 Å². The van der Waals surface area contributed by atoms with Crippen molar-refractivity contribution in [3.05, 3.63) is 60.2 Å². The van der Waals surface area contributed by atoms with Crippen LogP contribution in [0.3, 0.4) is 0 Å². The van der Waals surface area contributed by atoms with Gasteiger partial charge in [-0.1, -0.05) is 134 Å². The second kappa shape index (κ2) is 23.6. The zero-order valence-electron chi connectivity index (χ0n) is 26.2. The fourth-order valence-electron chi connectivity index (χ4n) is 4.70. The maximum atomic E-state index is 10.7. The van der Waals surface area contributed by atoms with E-state index in [1.807, 2.05) is 0 Å². The highest BCUT2D eigenvalue weighted by atomic mass is 32.2. The molecule has 2 aromatic carbocycles. The van der Waals surface area contributed by atoms with Crippen LogP contribution in [0.2, 0.25) is 0 Å². The highest BCUT2D eigenvalue weighted by molar-refractivity contribution is 7.96. The van der Waals surface area contributed by atoms with E-state index in [-0.39, 0.29) is 10.9 Å². The van der Waals surface area contributed by atoms with Crippen LogP contribution in [0, 0.1) is 0 Å². The van der Waals surface area contributed by atoms with Crippen LogP contribution in [0.4, 0.5) is 13.2 Å². The van der Waals surface area contributed by atoms with Crippen molar-refractivity contribution in [2.75, 3.05) is 12.4 Å². The first-order chi connectivity index (χ1) is 20.6. The van der Waals surface area contributed by atoms with Gasteiger partial charge in [0.25, 0.3) is 0 Å². The van der Waals surface area contributed by atoms with E-state index in [2.05, 4.69) is 68.4 Å². The summed E-state index contributed by atoms with van der Waals surface area (Å²) in [7, 11) is -5.82. The van der Waals surface area contributed by atoms with Crippen LogP contribution in [0.25, 0.3) is 0 Å². The summed E-state index contributed by atoms with van der Waals surface area (Å²) >= 11 is 0. The van der Waals surface area contributed by atoms with E-state index in [1.165, 1.54) is 119 Å². The molecule has 1 unspecified atom stereocenters. The fraction of sp³-hybridized carbons (Fsp3) is 0.647. The van der Waals surface area contributed by atoms with E-state index in [4.69, 9.17) is 17.7 Å². The molecule has 2 aromatic rings. The van der Waals surface area contributed by atoms with Crippen LogP contribution in [-0.4, -0.2) is 30.8 Å². The lowest BCUT2D eigenvalue weighted by molar-refractivity contribution is -0.0517. The monoisotopic (exact) mass is 646 g/mol. The van der Waals surface area contributed by atoms with Crippen molar-refractivity contribution >= 4 is 21.0 Å². The molecule has 0 radical (unpaired) electrons. The number of rotatable bonds is 22. The number of benzene rings is 2. The first-order valence-electron chi connectivity index (χ1n) is 16.0. The van der Waals surface area contributed by atoms with Crippen molar-refractivity contribution in [2.45, 2.75) is 133 Å². The lowest BCUT2D eigenvalue weighted by Gasteiger charge is -2.09. The molecule has 0 aromatic heterocycles. The maximum Gasteiger partial charge on any atom is 0.485 e. The molecule has 43 heavy (non-hydrogen) atoms. The molecule has 0 bridgehead atoms. The molecular weight excluding hydrogens is 593 g/mol. The van der Waals surface area contributed by atoms with Crippen LogP contribution in [0.15, 0.2) is 59.5 Å². The van der Waals surface area contributed by atoms with Crippen LogP contribution in [0.1, 0.15) is 122 Å². The summed E-state index contributed by atoms with van der Waals surface area (Å²) in [6, 6.07) is 19.8. The number of hydrogen-bond acceptors (Lipinski definition) is 4. The minimum Gasteiger partial charge on any atom is -0.741 e. The van der Waals surface area contributed by atoms with Gasteiger partial charge in [0.05, 0.1) is 6.61 Å². The van der Waals surface area contributed by atoms with Gasteiger partial charge in [0.15, 0.2) is 15.0 Å². The minimum atomic E-state index is -6.09. The number of ether oxygens (including phenoxy) is 1. The molecule has 0 spiro atoms. The molecule has 2 rings (SSSR count). The van der Waals surface area contributed by atoms with E-state index < -0.39 is 15.6 Å². The molecule has 9 heteroatoms. The Morgan fingerprint density at radius 1 is 0.674 bits per heavy atom. The average molecular weight is 647 g/mol. The topological polar surface area (TPSA) is 66.4 Å². The molecule has 0 fully saturated rings. The first kappa shape index (κ1) is 39.3. The molecule has 0 aliphatic carbocycles. The molecule has 0 saturated carbocycles. The molecule has 0 heterocycles. The third-order valence-electron chi connectivity index (χ3n) is 7.24. The third kappa shape index (κ3) is 20.0. The van der Waals surface area contributed by atoms with Gasteiger partial charge in [0.2, 0.25) is 0 Å². The third-order valence-corrected chi connectivity index (χ3v) is 10.1. The Labute approximate surface area is 262 Å². The second-order valence-electron chi connectivity index (χ2n) is 10.9. The van der Waals surface area contributed by atoms with Crippen LogP contribution in [-0.2, 0) is 26.8 Å². The minimum absolute atomic E-state index is 0.272. The van der Waals surface area contributed by atoms with Gasteiger partial charge in [-0.15, -0.1) is 0 Å². The highest BCUT2D eigenvalue weighted by Gasteiger charge is 2.36. The first-order valence-corrected chi connectivity index (χ1v) is 19.0. The number of unbranched alkanes of at least 4 members (excludes halogenated alkanes) is 15. The van der Waals surface area contributed by atoms with E-state index in [1.54, 1.807) is 0 Å². The van der Waals surface area contributed by atoms with E-state index in [0.29, 0.717) is 0 Å². The van der Waals surface area contributed by atoms with Crippen molar-refractivity contribution in [3.8, 4) is 5.75 Å². The van der Waals surface area contributed by atoms with Crippen molar-refractivity contribution < 1.29 is 30.9 Å². The van der Waals surface area contributed by atoms with E-state index in [9.17, 15) is 13.2 Å². The fourth-order valence-corrected chi connectivity index (χ4v) is 6.52. The summed E-state index contributed by atoms with van der Waals surface area (Å²) in [6.07, 6.45) is 22.5. The average Bonchev–Trinajstić information content (AvgIpc) is 2.98. The highest BCUT2D eigenvalue weighted by Crippen LogP contribution is 2.23. The van der Waals surface area contributed by atoms with Gasteiger partial charge < -0.3 is 9.29 Å². The summed E-state index contributed by atoms with van der Waals surface area (Å²) < 4.78 is 64.9. The SMILES string of the molecule is CCCCCCCCCCCCCCCCCCOc1ccc([S+](CC)Cc2ccccc2)cc1.O=S(=O)([O-])C(F)(F)F. The van der Waals surface area contributed by atoms with Gasteiger partial charge in [-0.25, -0.2) is 8.42 Å². The van der Waals surface area contributed by atoms with Gasteiger partial charge in [-0.05, 0) is 37.6 Å². The zero-order chi connectivity index (χ0) is 31.8. The number of hydrogen-bond donors (Lipinski definition) is 0. The second-order valence-corrected chi connectivity index (χ2v) is 14.6. The van der Waals surface area contributed by atoms with Crippen molar-refractivity contribution in [2.24, 2.45) is 0 Å². The smallest absolute Gasteiger partial charge is 0.485 e. The zero-order valence-corrected chi connectivity index (χ0v) is 27.8. The summed E-state index contributed by atoms with van der Waals surface area (Å²) in [5.74, 6) is 3.35. The molecule has 0 saturated heterocycles. The summed E-state index contributed by atoms with van der Waals surface area (Å²) in [5.41, 5.74) is -4.21. The Balaban J connectivity index is 0.00000101. The summed E-state index contributed by atoms with van der Waals surface area (Å²) in [4.78, 5) is 1.45. The maximum absolute atomic E-state index is 10.7. The van der Waals surface area contributed by atoms with Crippen LogP contribution < -0.4 is 4.74 Å². The standard InChI is InChI=1S/C33H53OS.CHF3O3S/c1-3-5-6-7-8-9-10-11-12-13-14-15-16-17-18-22-29-34-32-25-27-33(28-26-32)35(4-2)30-31-23-20-19-21-24-31;2-1(3,4)8(5,6)7/h19-21,23-28H,3-18,22,29-30H2,1-2H3;(H,5,6,7)/q+1;/p-1. The molecule has 246 valence electrons. The Morgan fingerprint density at radius 2 is 1.09 bits per heavy atom. The molecule has 0 N–H and O–H groups in total. The Hall–Kier alpha value is -1.71. The van der Waals surface area contributed by atoms with Crippen LogP contribution >= 0.6 is 0 Å². The lowest BCUT2D eigenvalue weighted by Crippen LogP contribution is -2.21. The summed E-state index contributed by atoms with van der Waals surface area (Å²) in [6.45, 7) is 5.44. The normalized spacial score (nSPS) is 12.4. The lowest BCUT2D eigenvalue weighted by atomic mass is 10.0. The molecule has 0 aliphatic heterocycles. The Morgan fingerprint density at radius 3 is 1.49 bits per heavy atom. The van der Waals surface area contributed by atoms with Crippen molar-refractivity contribution in [1.82, 2.24) is 0 Å². The van der Waals surface area contributed by atoms with E-state index in [0.717, 1.165) is 18.1 Å². The molecule has 4 nitrogen and oxygen atoms in total. The van der Waals surface area contributed by atoms with Gasteiger partial charge >= 0.3 is 5.51 Å². The number of halogens is 3. The molecular formula is C34H53F3O4S2. The predicted molar refractivity (Wildman–Crippen MR) is 174 cm³/mol. The molecule has 0 amide bonds. The molecule has 0 aliphatic rings. The quantitative estimate of drug-likeness (QED) is 0.0552. The Bertz CT molecular complexity index is 1030. The van der Waals surface area contributed by atoms with Gasteiger partial charge in [0.1, 0.15) is 17.3 Å². The number of alkyl halides is 3. The van der Waals surface area contributed by atoms with Crippen molar-refractivity contribution in [1.29, 1.82) is 0 Å². The largest absolute Gasteiger partial charge is 0.741 e. The van der Waals surface area contributed by atoms with Gasteiger partial charge in [-0.2, -0.15) is 13.2 Å². The van der Waals surface area contributed by atoms with Crippen molar-refractivity contribution in [3.63, 3.8) is 0 Å². The van der Waals surface area contributed by atoms with Crippen LogP contribution in [0.5, 0.6) is 5.75 Å². The van der Waals surface area contributed by atoms with Gasteiger partial charge in [0, 0.05) is 16.5 Å².